The predicted molar refractivity (Wildman–Crippen MR) is 67.6 cm³/mol. The van der Waals surface area contributed by atoms with Crippen LogP contribution in [0.2, 0.25) is 0 Å². The van der Waals surface area contributed by atoms with Gasteiger partial charge in [-0.3, -0.25) is 4.68 Å². The summed E-state index contributed by atoms with van der Waals surface area (Å²) in [7, 11) is 1.76. The zero-order valence-electron chi connectivity index (χ0n) is 11.3. The topological polar surface area (TPSA) is 109 Å². The maximum atomic E-state index is 11.6. The lowest BCUT2D eigenvalue weighted by atomic mass is 10.00. The Morgan fingerprint density at radius 2 is 2.21 bits per heavy atom. The second kappa shape index (κ2) is 6.17. The van der Waals surface area contributed by atoms with E-state index in [0.717, 1.165) is 0 Å². The molecule has 1 unspecified atom stereocenters. The summed E-state index contributed by atoms with van der Waals surface area (Å²) in [5.41, 5.74) is -1.26. The van der Waals surface area contributed by atoms with E-state index in [-0.39, 0.29) is 0 Å². The van der Waals surface area contributed by atoms with Crippen molar-refractivity contribution in [3.63, 3.8) is 0 Å². The van der Waals surface area contributed by atoms with Crippen molar-refractivity contribution in [3.05, 3.63) is 12.2 Å². The molecular weight excluding hydrogens is 250 g/mol. The molecule has 0 aliphatic carbocycles. The molecule has 19 heavy (non-hydrogen) atoms. The molecule has 0 fully saturated rings. The number of carbonyl (C=O) groups excluding carboxylic acids is 1. The number of nitrogens with zero attached hydrogens (tertiary/aromatic N) is 3. The molecule has 0 bridgehead atoms. The standard InChI is InChI=1S/C11H19N5O3/c1-4-11(2,9(17)18)14-10(19)12-6-5-8-13-7-16(3)15-8/h7H,4-6H2,1-3H3,(H,17,18)(H2,12,14,19). The van der Waals surface area contributed by atoms with Gasteiger partial charge in [-0.2, -0.15) is 5.10 Å². The van der Waals surface area contributed by atoms with E-state index in [9.17, 15) is 9.59 Å². The molecule has 1 heterocycles. The van der Waals surface area contributed by atoms with Crippen LogP contribution in [0.3, 0.4) is 0 Å². The Morgan fingerprint density at radius 3 is 2.68 bits per heavy atom. The molecule has 1 aromatic rings. The molecule has 3 N–H and O–H groups in total. The first-order valence-electron chi connectivity index (χ1n) is 6.01. The molecular formula is C11H19N5O3. The van der Waals surface area contributed by atoms with Crippen LogP contribution in [0.15, 0.2) is 6.33 Å². The Labute approximate surface area is 111 Å². The summed E-state index contributed by atoms with van der Waals surface area (Å²) in [5, 5.41) is 18.1. The first kappa shape index (κ1) is 14.9. The Hall–Kier alpha value is -2.12. The van der Waals surface area contributed by atoms with Crippen molar-refractivity contribution in [1.29, 1.82) is 0 Å². The molecule has 0 aromatic carbocycles. The third-order valence-electron chi connectivity index (χ3n) is 2.85. The number of carboxylic acids is 1. The lowest BCUT2D eigenvalue weighted by molar-refractivity contribution is -0.143. The van der Waals surface area contributed by atoms with Gasteiger partial charge in [0, 0.05) is 20.0 Å². The minimum atomic E-state index is -1.26. The number of hydrogen-bond acceptors (Lipinski definition) is 4. The quantitative estimate of drug-likeness (QED) is 0.668. The summed E-state index contributed by atoms with van der Waals surface area (Å²) in [6.45, 7) is 3.51. The molecule has 0 aliphatic rings. The van der Waals surface area contributed by atoms with Crippen LogP contribution in [-0.4, -0.2) is 44.0 Å². The number of aryl methyl sites for hydroxylation is 1. The number of rotatable bonds is 6. The van der Waals surface area contributed by atoms with Gasteiger partial charge in [-0.1, -0.05) is 6.92 Å². The van der Waals surface area contributed by atoms with Crippen molar-refractivity contribution in [2.75, 3.05) is 6.54 Å². The fourth-order valence-electron chi connectivity index (χ4n) is 1.37. The van der Waals surface area contributed by atoms with Crippen LogP contribution in [0.25, 0.3) is 0 Å². The third kappa shape index (κ3) is 4.23. The Morgan fingerprint density at radius 1 is 1.53 bits per heavy atom. The van der Waals surface area contributed by atoms with Crippen LogP contribution in [-0.2, 0) is 18.3 Å². The number of nitrogens with one attached hydrogen (secondary N) is 2. The van der Waals surface area contributed by atoms with Crippen molar-refractivity contribution in [1.82, 2.24) is 25.4 Å². The number of aliphatic carboxylic acids is 1. The molecule has 1 rings (SSSR count). The number of hydrogen-bond donors (Lipinski definition) is 3. The van der Waals surface area contributed by atoms with E-state index >= 15 is 0 Å². The van der Waals surface area contributed by atoms with E-state index in [4.69, 9.17) is 5.11 Å². The summed E-state index contributed by atoms with van der Waals surface area (Å²) in [5.74, 6) is -0.434. The van der Waals surface area contributed by atoms with E-state index in [0.29, 0.717) is 25.2 Å². The lowest BCUT2D eigenvalue weighted by Gasteiger charge is -2.24. The van der Waals surface area contributed by atoms with Crippen LogP contribution in [0.4, 0.5) is 4.79 Å². The van der Waals surface area contributed by atoms with E-state index < -0.39 is 17.5 Å². The smallest absolute Gasteiger partial charge is 0.329 e. The van der Waals surface area contributed by atoms with Gasteiger partial charge in [-0.25, -0.2) is 14.6 Å². The van der Waals surface area contributed by atoms with E-state index in [2.05, 4.69) is 20.7 Å². The number of amides is 2. The minimum Gasteiger partial charge on any atom is -0.480 e. The second-order valence-electron chi connectivity index (χ2n) is 4.46. The van der Waals surface area contributed by atoms with Crippen LogP contribution >= 0.6 is 0 Å². The van der Waals surface area contributed by atoms with Crippen molar-refractivity contribution in [2.45, 2.75) is 32.2 Å². The molecule has 0 radical (unpaired) electrons. The van der Waals surface area contributed by atoms with Gasteiger partial charge in [-0.15, -0.1) is 0 Å². The van der Waals surface area contributed by atoms with Crippen LogP contribution in [0, 0.1) is 0 Å². The van der Waals surface area contributed by atoms with Gasteiger partial charge in [0.25, 0.3) is 0 Å². The zero-order chi connectivity index (χ0) is 14.5. The third-order valence-corrected chi connectivity index (χ3v) is 2.85. The number of aromatic nitrogens is 3. The van der Waals surface area contributed by atoms with Gasteiger partial charge >= 0.3 is 12.0 Å². The highest BCUT2D eigenvalue weighted by molar-refractivity contribution is 5.85. The maximum absolute atomic E-state index is 11.6. The number of carboxylic acid groups (broad SMARTS) is 1. The fraction of sp³-hybridized carbons (Fsp3) is 0.636. The van der Waals surface area contributed by atoms with Crippen molar-refractivity contribution >= 4 is 12.0 Å². The molecule has 1 aromatic heterocycles. The van der Waals surface area contributed by atoms with E-state index in [1.54, 1.807) is 25.0 Å². The number of carbonyl (C=O) groups is 2. The summed E-state index contributed by atoms with van der Waals surface area (Å²) < 4.78 is 1.58. The predicted octanol–water partition coefficient (Wildman–Crippen LogP) is -0.0899. The van der Waals surface area contributed by atoms with Gasteiger partial charge in [0.1, 0.15) is 11.9 Å². The highest BCUT2D eigenvalue weighted by atomic mass is 16.4. The second-order valence-corrected chi connectivity index (χ2v) is 4.46. The largest absolute Gasteiger partial charge is 0.480 e. The summed E-state index contributed by atoms with van der Waals surface area (Å²) in [6.07, 6.45) is 2.37. The molecule has 0 spiro atoms. The van der Waals surface area contributed by atoms with E-state index in [1.165, 1.54) is 6.92 Å². The highest BCUT2D eigenvalue weighted by Crippen LogP contribution is 2.08. The average Bonchev–Trinajstić information content (AvgIpc) is 2.74. The minimum absolute atomic E-state index is 0.303. The first-order chi connectivity index (χ1) is 8.87. The average molecular weight is 269 g/mol. The van der Waals surface area contributed by atoms with Crippen LogP contribution in [0.1, 0.15) is 26.1 Å². The molecule has 106 valence electrons. The summed E-state index contributed by atoms with van der Waals surface area (Å²) >= 11 is 0. The van der Waals surface area contributed by atoms with Gasteiger partial charge < -0.3 is 15.7 Å². The first-order valence-corrected chi connectivity index (χ1v) is 6.01. The normalized spacial score (nSPS) is 13.6. The van der Waals surface area contributed by atoms with Crippen LogP contribution < -0.4 is 10.6 Å². The SMILES string of the molecule is CCC(C)(NC(=O)NCCc1ncn(C)n1)C(=O)O. The number of urea groups is 1. The molecule has 0 saturated carbocycles. The summed E-state index contributed by atoms with van der Waals surface area (Å²) in [6, 6.07) is -0.511. The van der Waals surface area contributed by atoms with Gasteiger partial charge in [0.15, 0.2) is 5.82 Å². The molecule has 8 nitrogen and oxygen atoms in total. The van der Waals surface area contributed by atoms with Crippen molar-refractivity contribution < 1.29 is 14.7 Å². The highest BCUT2D eigenvalue weighted by Gasteiger charge is 2.32. The molecule has 1 atom stereocenters. The summed E-state index contributed by atoms with van der Waals surface area (Å²) in [4.78, 5) is 26.6. The molecule has 0 saturated heterocycles. The lowest BCUT2D eigenvalue weighted by Crippen LogP contribution is -2.55. The van der Waals surface area contributed by atoms with Gasteiger partial charge in [-0.05, 0) is 13.3 Å². The molecule has 0 aliphatic heterocycles. The maximum Gasteiger partial charge on any atom is 0.329 e. The van der Waals surface area contributed by atoms with Crippen molar-refractivity contribution in [3.8, 4) is 0 Å². The Kier molecular flexibility index (Phi) is 4.85. The van der Waals surface area contributed by atoms with Crippen LogP contribution in [0.5, 0.6) is 0 Å². The van der Waals surface area contributed by atoms with Gasteiger partial charge in [0.05, 0.1) is 0 Å². The molecule has 8 heteroatoms. The monoisotopic (exact) mass is 269 g/mol. The van der Waals surface area contributed by atoms with Gasteiger partial charge in [0.2, 0.25) is 0 Å². The molecule has 2 amide bonds. The Bertz CT molecular complexity index is 459. The van der Waals surface area contributed by atoms with E-state index in [1.807, 2.05) is 0 Å². The zero-order valence-corrected chi connectivity index (χ0v) is 11.3. The fourth-order valence-corrected chi connectivity index (χ4v) is 1.37. The Balaban J connectivity index is 2.37. The van der Waals surface area contributed by atoms with Crippen molar-refractivity contribution in [2.24, 2.45) is 7.05 Å².